The molecule has 0 bridgehead atoms. The van der Waals surface area contributed by atoms with Crippen molar-refractivity contribution in [3.05, 3.63) is 48.9 Å². The SMILES string of the molecule is [CH2]CCCc1ccc(OCC=CCC)cc1. The fourth-order valence-electron chi connectivity index (χ4n) is 1.46. The second-order valence-electron chi connectivity index (χ2n) is 3.79. The standard InChI is InChI=1S/C15H21O/c1-3-5-7-13-16-15-11-9-14(10-12-15)8-6-4-2/h5,7,9-12H,2-4,6,8,13H2,1H3. The van der Waals surface area contributed by atoms with E-state index in [0.29, 0.717) is 6.61 Å². The first-order valence-corrected chi connectivity index (χ1v) is 6.02. The van der Waals surface area contributed by atoms with Gasteiger partial charge in [-0.2, -0.15) is 0 Å². The molecule has 0 aromatic heterocycles. The van der Waals surface area contributed by atoms with Gasteiger partial charge in [0, 0.05) is 0 Å². The predicted octanol–water partition coefficient (Wildman–Crippen LogP) is 4.19. The first-order valence-electron chi connectivity index (χ1n) is 6.02. The van der Waals surface area contributed by atoms with Gasteiger partial charge in [-0.05, 0) is 37.0 Å². The molecule has 0 fully saturated rings. The first-order chi connectivity index (χ1) is 7.86. The maximum absolute atomic E-state index is 5.57. The lowest BCUT2D eigenvalue weighted by Crippen LogP contribution is -1.93. The number of hydrogen-bond donors (Lipinski definition) is 0. The Kier molecular flexibility index (Phi) is 6.39. The second kappa shape index (κ2) is 7.98. The van der Waals surface area contributed by atoms with Crippen molar-refractivity contribution in [2.45, 2.75) is 32.6 Å². The van der Waals surface area contributed by atoms with Crippen molar-refractivity contribution >= 4 is 0 Å². The van der Waals surface area contributed by atoms with Crippen molar-refractivity contribution in [1.82, 2.24) is 0 Å². The van der Waals surface area contributed by atoms with Crippen molar-refractivity contribution < 1.29 is 4.74 Å². The number of unbranched alkanes of at least 4 members (excludes halogenated alkanes) is 1. The number of ether oxygens (including phenoxy) is 1. The second-order valence-corrected chi connectivity index (χ2v) is 3.79. The first kappa shape index (κ1) is 12.8. The van der Waals surface area contributed by atoms with E-state index in [-0.39, 0.29) is 0 Å². The summed E-state index contributed by atoms with van der Waals surface area (Å²) in [5.74, 6) is 0.944. The molecule has 0 saturated carbocycles. The highest BCUT2D eigenvalue weighted by molar-refractivity contribution is 5.27. The van der Waals surface area contributed by atoms with E-state index >= 15 is 0 Å². The van der Waals surface area contributed by atoms with Gasteiger partial charge >= 0.3 is 0 Å². The van der Waals surface area contributed by atoms with Crippen LogP contribution in [0.25, 0.3) is 0 Å². The molecule has 0 amide bonds. The van der Waals surface area contributed by atoms with Gasteiger partial charge in [0.15, 0.2) is 0 Å². The molecule has 1 rings (SSSR count). The van der Waals surface area contributed by atoms with E-state index in [1.165, 1.54) is 5.56 Å². The van der Waals surface area contributed by atoms with Gasteiger partial charge in [-0.25, -0.2) is 0 Å². The summed E-state index contributed by atoms with van der Waals surface area (Å²) in [5, 5.41) is 0. The van der Waals surface area contributed by atoms with E-state index < -0.39 is 0 Å². The van der Waals surface area contributed by atoms with Crippen LogP contribution in [-0.2, 0) is 6.42 Å². The molecule has 0 aliphatic rings. The van der Waals surface area contributed by atoms with Crippen LogP contribution in [0.5, 0.6) is 5.75 Å². The van der Waals surface area contributed by atoms with Crippen LogP contribution in [0.4, 0.5) is 0 Å². The molecule has 1 nitrogen and oxygen atoms in total. The molecule has 0 saturated heterocycles. The third-order valence-corrected chi connectivity index (χ3v) is 2.39. The molecule has 0 atom stereocenters. The summed E-state index contributed by atoms with van der Waals surface area (Å²) in [5.41, 5.74) is 1.36. The van der Waals surface area contributed by atoms with E-state index in [1.54, 1.807) is 0 Å². The van der Waals surface area contributed by atoms with Gasteiger partial charge in [-0.15, -0.1) is 0 Å². The Morgan fingerprint density at radius 1 is 1.19 bits per heavy atom. The van der Waals surface area contributed by atoms with E-state index in [9.17, 15) is 0 Å². The Morgan fingerprint density at radius 2 is 1.94 bits per heavy atom. The maximum atomic E-state index is 5.57. The lowest BCUT2D eigenvalue weighted by atomic mass is 10.1. The predicted molar refractivity (Wildman–Crippen MR) is 69.7 cm³/mol. The number of allylic oxidation sites excluding steroid dienone is 1. The quantitative estimate of drug-likeness (QED) is 0.622. The van der Waals surface area contributed by atoms with E-state index in [0.717, 1.165) is 31.4 Å². The molecule has 1 radical (unpaired) electrons. The van der Waals surface area contributed by atoms with Gasteiger partial charge in [-0.3, -0.25) is 0 Å². The van der Waals surface area contributed by atoms with Crippen molar-refractivity contribution in [2.24, 2.45) is 0 Å². The summed E-state index contributed by atoms with van der Waals surface area (Å²) >= 11 is 0. The molecule has 1 aromatic carbocycles. The highest BCUT2D eigenvalue weighted by atomic mass is 16.5. The van der Waals surface area contributed by atoms with Crippen molar-refractivity contribution in [3.8, 4) is 5.75 Å². The smallest absolute Gasteiger partial charge is 0.119 e. The minimum atomic E-state index is 0.659. The van der Waals surface area contributed by atoms with Crippen LogP contribution in [0.15, 0.2) is 36.4 Å². The van der Waals surface area contributed by atoms with Crippen LogP contribution in [0.3, 0.4) is 0 Å². The molecule has 0 spiro atoms. The molecule has 87 valence electrons. The van der Waals surface area contributed by atoms with E-state index in [1.807, 2.05) is 12.1 Å². The highest BCUT2D eigenvalue weighted by Crippen LogP contribution is 2.13. The Labute approximate surface area is 99.1 Å². The van der Waals surface area contributed by atoms with Crippen LogP contribution >= 0.6 is 0 Å². The summed E-state index contributed by atoms with van der Waals surface area (Å²) in [7, 11) is 0. The molecule has 0 unspecified atom stereocenters. The Balaban J connectivity index is 2.36. The normalized spacial score (nSPS) is 10.9. The zero-order chi connectivity index (χ0) is 11.6. The maximum Gasteiger partial charge on any atom is 0.119 e. The fourth-order valence-corrected chi connectivity index (χ4v) is 1.46. The number of aryl methyl sites for hydroxylation is 1. The largest absolute Gasteiger partial charge is 0.490 e. The van der Waals surface area contributed by atoms with Crippen LogP contribution in [0, 0.1) is 6.92 Å². The number of hydrogen-bond acceptors (Lipinski definition) is 1. The summed E-state index contributed by atoms with van der Waals surface area (Å²) in [6.45, 7) is 6.62. The van der Waals surface area contributed by atoms with Gasteiger partial charge in [-0.1, -0.05) is 44.6 Å². The Hall–Kier alpha value is -1.24. The van der Waals surface area contributed by atoms with Crippen LogP contribution in [0.2, 0.25) is 0 Å². The van der Waals surface area contributed by atoms with Crippen LogP contribution in [-0.4, -0.2) is 6.61 Å². The third-order valence-electron chi connectivity index (χ3n) is 2.39. The van der Waals surface area contributed by atoms with Gasteiger partial charge in [0.05, 0.1) is 0 Å². The topological polar surface area (TPSA) is 9.23 Å². The Bertz CT molecular complexity index is 298. The molecule has 0 aliphatic heterocycles. The molecule has 0 heterocycles. The molecule has 0 N–H and O–H groups in total. The van der Waals surface area contributed by atoms with E-state index in [2.05, 4.69) is 38.1 Å². The molecular formula is C15H21O. The van der Waals surface area contributed by atoms with Crippen molar-refractivity contribution in [3.63, 3.8) is 0 Å². The minimum absolute atomic E-state index is 0.659. The fraction of sp³-hybridized carbons (Fsp3) is 0.400. The average Bonchev–Trinajstić information content (AvgIpc) is 2.33. The molecule has 0 aliphatic carbocycles. The highest BCUT2D eigenvalue weighted by Gasteiger charge is 1.94. The molecular weight excluding hydrogens is 196 g/mol. The molecule has 1 heteroatoms. The van der Waals surface area contributed by atoms with Crippen LogP contribution < -0.4 is 4.74 Å². The summed E-state index contributed by atoms with van der Waals surface area (Å²) in [6, 6.07) is 8.35. The molecule has 16 heavy (non-hydrogen) atoms. The van der Waals surface area contributed by atoms with Crippen molar-refractivity contribution in [1.29, 1.82) is 0 Å². The van der Waals surface area contributed by atoms with Gasteiger partial charge in [0.1, 0.15) is 12.4 Å². The van der Waals surface area contributed by atoms with Crippen LogP contribution in [0.1, 0.15) is 31.7 Å². The lowest BCUT2D eigenvalue weighted by molar-refractivity contribution is 0.362. The monoisotopic (exact) mass is 217 g/mol. The zero-order valence-corrected chi connectivity index (χ0v) is 10.1. The summed E-state index contributed by atoms with van der Waals surface area (Å²) in [4.78, 5) is 0. The van der Waals surface area contributed by atoms with Gasteiger partial charge in [0.25, 0.3) is 0 Å². The van der Waals surface area contributed by atoms with Crippen molar-refractivity contribution in [2.75, 3.05) is 6.61 Å². The minimum Gasteiger partial charge on any atom is -0.490 e. The van der Waals surface area contributed by atoms with Gasteiger partial charge in [0.2, 0.25) is 0 Å². The number of benzene rings is 1. The Morgan fingerprint density at radius 3 is 2.56 bits per heavy atom. The molecule has 1 aromatic rings. The van der Waals surface area contributed by atoms with Gasteiger partial charge < -0.3 is 4.74 Å². The number of rotatable bonds is 7. The summed E-state index contributed by atoms with van der Waals surface area (Å²) in [6.07, 6.45) is 8.49. The third kappa shape index (κ3) is 5.01. The zero-order valence-electron chi connectivity index (χ0n) is 10.1. The lowest BCUT2D eigenvalue weighted by Gasteiger charge is -2.04. The van der Waals surface area contributed by atoms with E-state index in [4.69, 9.17) is 4.74 Å². The average molecular weight is 217 g/mol. The summed E-state index contributed by atoms with van der Waals surface area (Å²) < 4.78 is 5.57.